The Morgan fingerprint density at radius 3 is 2.45 bits per heavy atom. The molecule has 0 fully saturated rings. The Kier molecular flexibility index (Phi) is 5.36. The number of amides is 1. The van der Waals surface area contributed by atoms with E-state index in [0.717, 1.165) is 32.5 Å². The number of thiophene rings is 1. The molecule has 0 aliphatic rings. The zero-order chi connectivity index (χ0) is 20.4. The molecule has 0 aliphatic carbocycles. The van der Waals surface area contributed by atoms with Crippen molar-refractivity contribution in [1.82, 2.24) is 0 Å². The van der Waals surface area contributed by atoms with Gasteiger partial charge in [0.05, 0.1) is 17.7 Å². The van der Waals surface area contributed by atoms with E-state index in [2.05, 4.69) is 48.6 Å². The van der Waals surface area contributed by atoms with Crippen molar-refractivity contribution in [3.05, 3.63) is 93.9 Å². The number of hydrogen-bond acceptors (Lipinski definition) is 3. The zero-order valence-electron chi connectivity index (χ0n) is 16.8. The Morgan fingerprint density at radius 2 is 1.69 bits per heavy atom. The standard InChI is InChI=1S/C25H23NO2S/c1-16-8-11-18(12-9-16)15-20-19-6-4-5-7-23(19)29-24(20)25(27)26-21-14-17(2)10-13-22(21)28-3/h4-14H,15H2,1-3H3,(H,26,27). The molecular formula is C25H23NO2S. The van der Waals surface area contributed by atoms with Gasteiger partial charge in [-0.25, -0.2) is 0 Å². The molecule has 4 aromatic rings. The van der Waals surface area contributed by atoms with Gasteiger partial charge in [0.2, 0.25) is 0 Å². The first kappa shape index (κ1) is 19.2. The van der Waals surface area contributed by atoms with Gasteiger partial charge >= 0.3 is 0 Å². The number of methoxy groups -OCH3 is 1. The van der Waals surface area contributed by atoms with Crippen LogP contribution in [0.4, 0.5) is 5.69 Å². The molecule has 0 bridgehead atoms. The first-order chi connectivity index (χ1) is 14.0. The summed E-state index contributed by atoms with van der Waals surface area (Å²) in [6, 6.07) is 22.5. The highest BCUT2D eigenvalue weighted by Gasteiger charge is 2.20. The van der Waals surface area contributed by atoms with Gasteiger partial charge in [0.1, 0.15) is 5.75 Å². The Balaban J connectivity index is 1.74. The summed E-state index contributed by atoms with van der Waals surface area (Å²) in [5, 5.41) is 4.20. The lowest BCUT2D eigenvalue weighted by molar-refractivity contribution is 0.102. The molecule has 29 heavy (non-hydrogen) atoms. The molecular weight excluding hydrogens is 378 g/mol. The van der Waals surface area contributed by atoms with Gasteiger partial charge in [-0.1, -0.05) is 54.1 Å². The highest BCUT2D eigenvalue weighted by atomic mass is 32.1. The molecule has 0 saturated heterocycles. The quantitative estimate of drug-likeness (QED) is 0.422. The van der Waals surface area contributed by atoms with Gasteiger partial charge in [-0.05, 0) is 60.5 Å². The number of rotatable bonds is 5. The maximum absolute atomic E-state index is 13.3. The molecule has 1 amide bonds. The Hall–Kier alpha value is -3.11. The predicted octanol–water partition coefficient (Wildman–Crippen LogP) is 6.37. The topological polar surface area (TPSA) is 38.3 Å². The second kappa shape index (κ2) is 8.10. The van der Waals surface area contributed by atoms with E-state index in [9.17, 15) is 4.79 Å². The summed E-state index contributed by atoms with van der Waals surface area (Å²) in [7, 11) is 1.61. The van der Waals surface area contributed by atoms with Gasteiger partial charge in [0.15, 0.2) is 0 Å². The van der Waals surface area contributed by atoms with Crippen molar-refractivity contribution in [3.8, 4) is 5.75 Å². The van der Waals surface area contributed by atoms with Crippen LogP contribution in [0.5, 0.6) is 5.75 Å². The van der Waals surface area contributed by atoms with Crippen molar-refractivity contribution in [3.63, 3.8) is 0 Å². The number of carbonyl (C=O) groups excluding carboxylic acids is 1. The normalized spacial score (nSPS) is 10.9. The Labute approximate surface area is 175 Å². The highest BCUT2D eigenvalue weighted by Crippen LogP contribution is 2.34. The fourth-order valence-corrected chi connectivity index (χ4v) is 4.58. The number of carbonyl (C=O) groups is 1. The largest absolute Gasteiger partial charge is 0.495 e. The summed E-state index contributed by atoms with van der Waals surface area (Å²) in [4.78, 5) is 14.0. The molecule has 3 nitrogen and oxygen atoms in total. The van der Waals surface area contributed by atoms with Crippen LogP contribution in [0.25, 0.3) is 10.1 Å². The summed E-state index contributed by atoms with van der Waals surface area (Å²) in [5.41, 5.74) is 5.25. The second-order valence-corrected chi connectivity index (χ2v) is 8.28. The van der Waals surface area contributed by atoms with Gasteiger partial charge in [-0.2, -0.15) is 0 Å². The van der Waals surface area contributed by atoms with Gasteiger partial charge in [0, 0.05) is 4.70 Å². The maximum atomic E-state index is 13.3. The fourth-order valence-electron chi connectivity index (χ4n) is 3.47. The van der Waals surface area contributed by atoms with Gasteiger partial charge < -0.3 is 10.1 Å². The van der Waals surface area contributed by atoms with Crippen LogP contribution in [0.2, 0.25) is 0 Å². The molecule has 0 atom stereocenters. The van der Waals surface area contributed by atoms with Crippen molar-refractivity contribution in [2.75, 3.05) is 12.4 Å². The number of aryl methyl sites for hydroxylation is 2. The number of anilines is 1. The van der Waals surface area contributed by atoms with Gasteiger partial charge in [-0.3, -0.25) is 4.79 Å². The van der Waals surface area contributed by atoms with Crippen molar-refractivity contribution >= 4 is 33.0 Å². The van der Waals surface area contributed by atoms with Crippen LogP contribution in [0, 0.1) is 13.8 Å². The molecule has 0 radical (unpaired) electrons. The van der Waals surface area contributed by atoms with Crippen molar-refractivity contribution < 1.29 is 9.53 Å². The second-order valence-electron chi connectivity index (χ2n) is 7.23. The lowest BCUT2D eigenvalue weighted by Gasteiger charge is -2.11. The van der Waals surface area contributed by atoms with Crippen molar-refractivity contribution in [2.45, 2.75) is 20.3 Å². The van der Waals surface area contributed by atoms with Crippen LogP contribution in [-0.2, 0) is 6.42 Å². The minimum absolute atomic E-state index is 0.0998. The Morgan fingerprint density at radius 1 is 0.966 bits per heavy atom. The van der Waals surface area contributed by atoms with Crippen LogP contribution in [-0.4, -0.2) is 13.0 Å². The first-order valence-corrected chi connectivity index (χ1v) is 10.4. The summed E-state index contributed by atoms with van der Waals surface area (Å²) in [6.45, 7) is 4.08. The van der Waals surface area contributed by atoms with Crippen LogP contribution in [0.3, 0.4) is 0 Å². The minimum Gasteiger partial charge on any atom is -0.495 e. The lowest BCUT2D eigenvalue weighted by Crippen LogP contribution is -2.13. The summed E-state index contributed by atoms with van der Waals surface area (Å²) < 4.78 is 6.54. The molecule has 1 aromatic heterocycles. The molecule has 0 saturated carbocycles. The molecule has 0 spiro atoms. The third-order valence-electron chi connectivity index (χ3n) is 5.01. The summed E-state index contributed by atoms with van der Waals surface area (Å²) >= 11 is 1.54. The first-order valence-electron chi connectivity index (χ1n) is 9.57. The van der Waals surface area contributed by atoms with E-state index >= 15 is 0 Å². The number of benzene rings is 3. The molecule has 0 unspecified atom stereocenters. The molecule has 1 N–H and O–H groups in total. The molecule has 146 valence electrons. The summed E-state index contributed by atoms with van der Waals surface area (Å²) in [6.07, 6.45) is 0.720. The molecule has 3 aromatic carbocycles. The van der Waals surface area contributed by atoms with E-state index in [4.69, 9.17) is 4.74 Å². The van der Waals surface area contributed by atoms with Crippen molar-refractivity contribution in [2.24, 2.45) is 0 Å². The van der Waals surface area contributed by atoms with Crippen LogP contribution in [0.15, 0.2) is 66.7 Å². The third kappa shape index (κ3) is 4.03. The molecule has 0 aliphatic heterocycles. The monoisotopic (exact) mass is 401 g/mol. The Bertz CT molecular complexity index is 1180. The summed E-state index contributed by atoms with van der Waals surface area (Å²) in [5.74, 6) is 0.558. The predicted molar refractivity (Wildman–Crippen MR) is 121 cm³/mol. The van der Waals surface area contributed by atoms with Gasteiger partial charge in [-0.15, -0.1) is 11.3 Å². The van der Waals surface area contributed by atoms with E-state index in [1.54, 1.807) is 7.11 Å². The molecule has 1 heterocycles. The number of hydrogen-bond donors (Lipinski definition) is 1. The smallest absolute Gasteiger partial charge is 0.266 e. The minimum atomic E-state index is -0.0998. The molecule has 4 rings (SSSR count). The van der Waals surface area contributed by atoms with Gasteiger partial charge in [0.25, 0.3) is 5.91 Å². The van der Waals surface area contributed by atoms with Crippen LogP contribution >= 0.6 is 11.3 Å². The van der Waals surface area contributed by atoms with Crippen LogP contribution in [0.1, 0.15) is 31.9 Å². The highest BCUT2D eigenvalue weighted by molar-refractivity contribution is 7.21. The molecule has 4 heteroatoms. The van der Waals surface area contributed by atoms with Crippen LogP contribution < -0.4 is 10.1 Å². The van der Waals surface area contributed by atoms with E-state index in [1.807, 2.05) is 37.3 Å². The number of fused-ring (bicyclic) bond motifs is 1. The maximum Gasteiger partial charge on any atom is 0.266 e. The average molecular weight is 402 g/mol. The van der Waals surface area contributed by atoms with E-state index in [0.29, 0.717) is 11.4 Å². The third-order valence-corrected chi connectivity index (χ3v) is 6.22. The number of nitrogens with one attached hydrogen (secondary N) is 1. The fraction of sp³-hybridized carbons (Fsp3) is 0.160. The SMILES string of the molecule is COc1ccc(C)cc1NC(=O)c1sc2ccccc2c1Cc1ccc(C)cc1. The number of ether oxygens (including phenoxy) is 1. The van der Waals surface area contributed by atoms with Crippen molar-refractivity contribution in [1.29, 1.82) is 0 Å². The zero-order valence-corrected chi connectivity index (χ0v) is 17.6. The average Bonchev–Trinajstić information content (AvgIpc) is 3.08. The lowest BCUT2D eigenvalue weighted by atomic mass is 10.0. The van der Waals surface area contributed by atoms with E-state index in [-0.39, 0.29) is 5.91 Å². The van der Waals surface area contributed by atoms with E-state index < -0.39 is 0 Å². The van der Waals surface area contributed by atoms with E-state index in [1.165, 1.54) is 22.5 Å².